The fourth-order valence-corrected chi connectivity index (χ4v) is 2.93. The maximum atomic E-state index is 12.2. The van der Waals surface area contributed by atoms with E-state index in [0.717, 1.165) is 16.9 Å². The first-order chi connectivity index (χ1) is 11.1. The predicted octanol–water partition coefficient (Wildman–Crippen LogP) is 2.24. The molecule has 0 bridgehead atoms. The minimum Gasteiger partial charge on any atom is -0.345 e. The Morgan fingerprint density at radius 3 is 2.52 bits per heavy atom. The Morgan fingerprint density at radius 2 is 1.87 bits per heavy atom. The number of aromatic nitrogens is 2. The maximum Gasteiger partial charge on any atom is 0.251 e. The minimum atomic E-state index is -1.04. The summed E-state index contributed by atoms with van der Waals surface area (Å²) >= 11 is 0. The van der Waals surface area contributed by atoms with Crippen LogP contribution < -0.4 is 5.32 Å². The molecule has 0 spiro atoms. The Morgan fingerprint density at radius 1 is 1.17 bits per heavy atom. The smallest absolute Gasteiger partial charge is 0.251 e. The topological polar surface area (TPSA) is 64.0 Å². The number of imidazole rings is 1. The number of rotatable bonds is 4. The number of nitrogens with one attached hydrogen (secondary N) is 1. The standard InChI is InChI=1S/C17H17N3O2S/c1-20-15-6-4-3-5-14(15)19-16(20)11-18-17(21)12-7-9-13(10-8-12)23(2)22/h3-10H,11H2,1-2H3,(H,18,21). The fraction of sp³-hybridized carbons (Fsp3) is 0.176. The van der Waals surface area contributed by atoms with Gasteiger partial charge in [0.05, 0.1) is 17.6 Å². The van der Waals surface area contributed by atoms with Crippen LogP contribution in [-0.4, -0.2) is 25.9 Å². The second kappa shape index (κ2) is 6.34. The first-order valence-corrected chi connectivity index (χ1v) is 8.74. The van der Waals surface area contributed by atoms with Gasteiger partial charge in [-0.3, -0.25) is 9.00 Å². The molecule has 0 aliphatic heterocycles. The molecule has 0 aliphatic rings. The van der Waals surface area contributed by atoms with E-state index in [-0.39, 0.29) is 5.91 Å². The summed E-state index contributed by atoms with van der Waals surface area (Å²) in [5.41, 5.74) is 2.48. The van der Waals surface area contributed by atoms with Crippen molar-refractivity contribution in [3.8, 4) is 0 Å². The molecule has 0 fully saturated rings. The zero-order chi connectivity index (χ0) is 16.4. The number of para-hydroxylation sites is 2. The van der Waals surface area contributed by atoms with Gasteiger partial charge < -0.3 is 9.88 Å². The molecule has 1 N–H and O–H groups in total. The molecule has 1 atom stereocenters. The van der Waals surface area contributed by atoms with Crippen LogP contribution >= 0.6 is 0 Å². The van der Waals surface area contributed by atoms with Crippen molar-refractivity contribution in [1.29, 1.82) is 0 Å². The minimum absolute atomic E-state index is 0.175. The van der Waals surface area contributed by atoms with E-state index in [1.165, 1.54) is 0 Å². The largest absolute Gasteiger partial charge is 0.345 e. The van der Waals surface area contributed by atoms with E-state index in [2.05, 4.69) is 10.3 Å². The molecule has 5 nitrogen and oxygen atoms in total. The molecule has 0 radical (unpaired) electrons. The second-order valence-electron chi connectivity index (χ2n) is 5.24. The van der Waals surface area contributed by atoms with Crippen LogP contribution in [0.15, 0.2) is 53.4 Å². The number of benzene rings is 2. The first-order valence-electron chi connectivity index (χ1n) is 7.18. The van der Waals surface area contributed by atoms with Crippen molar-refractivity contribution in [2.45, 2.75) is 11.4 Å². The van der Waals surface area contributed by atoms with Gasteiger partial charge in [-0.2, -0.15) is 0 Å². The van der Waals surface area contributed by atoms with Gasteiger partial charge >= 0.3 is 0 Å². The summed E-state index contributed by atoms with van der Waals surface area (Å²) in [6, 6.07) is 14.6. The number of hydrogen-bond donors (Lipinski definition) is 1. The highest BCUT2D eigenvalue weighted by atomic mass is 32.2. The number of fused-ring (bicyclic) bond motifs is 1. The van der Waals surface area contributed by atoms with E-state index >= 15 is 0 Å². The third-order valence-corrected chi connectivity index (χ3v) is 4.67. The summed E-state index contributed by atoms with van der Waals surface area (Å²) < 4.78 is 13.3. The fourth-order valence-electron chi connectivity index (χ4n) is 2.41. The molecule has 0 saturated carbocycles. The number of nitrogens with zero attached hydrogens (tertiary/aromatic N) is 2. The van der Waals surface area contributed by atoms with Crippen molar-refractivity contribution in [3.05, 3.63) is 59.9 Å². The molecule has 1 heterocycles. The molecular weight excluding hydrogens is 310 g/mol. The molecule has 0 saturated heterocycles. The normalized spacial score (nSPS) is 12.3. The lowest BCUT2D eigenvalue weighted by atomic mass is 10.2. The van der Waals surface area contributed by atoms with Crippen molar-refractivity contribution >= 4 is 27.7 Å². The van der Waals surface area contributed by atoms with Crippen LogP contribution in [0.1, 0.15) is 16.2 Å². The van der Waals surface area contributed by atoms with Gasteiger partial charge in [0.15, 0.2) is 0 Å². The molecule has 0 aliphatic carbocycles. The van der Waals surface area contributed by atoms with Crippen molar-refractivity contribution in [3.63, 3.8) is 0 Å². The molecule has 3 rings (SSSR count). The van der Waals surface area contributed by atoms with Crippen molar-refractivity contribution < 1.29 is 9.00 Å². The van der Waals surface area contributed by atoms with Crippen molar-refractivity contribution in [2.75, 3.05) is 6.26 Å². The molecule has 3 aromatic rings. The van der Waals surface area contributed by atoms with E-state index in [1.54, 1.807) is 30.5 Å². The van der Waals surface area contributed by atoms with Crippen LogP contribution in [0, 0.1) is 0 Å². The van der Waals surface area contributed by atoms with E-state index in [4.69, 9.17) is 0 Å². The zero-order valence-corrected chi connectivity index (χ0v) is 13.8. The Bertz CT molecular complexity index is 884. The highest BCUT2D eigenvalue weighted by Crippen LogP contribution is 2.14. The van der Waals surface area contributed by atoms with Crippen LogP contribution in [-0.2, 0) is 24.4 Å². The molecule has 2 aromatic carbocycles. The molecular formula is C17H17N3O2S. The third kappa shape index (κ3) is 3.17. The van der Waals surface area contributed by atoms with Gasteiger partial charge in [-0.15, -0.1) is 0 Å². The summed E-state index contributed by atoms with van der Waals surface area (Å²) in [6.45, 7) is 0.353. The van der Waals surface area contributed by atoms with Gasteiger partial charge in [0, 0.05) is 34.6 Å². The van der Waals surface area contributed by atoms with Crippen molar-refractivity contribution in [2.24, 2.45) is 7.05 Å². The van der Waals surface area contributed by atoms with Gasteiger partial charge in [0.25, 0.3) is 5.91 Å². The highest BCUT2D eigenvalue weighted by molar-refractivity contribution is 7.84. The lowest BCUT2D eigenvalue weighted by molar-refractivity contribution is 0.0949. The summed E-state index contributed by atoms with van der Waals surface area (Å²) in [4.78, 5) is 17.4. The molecule has 1 unspecified atom stereocenters. The number of aryl methyl sites for hydroxylation is 1. The Hall–Kier alpha value is -2.47. The van der Waals surface area contributed by atoms with E-state index in [1.807, 2.05) is 35.9 Å². The van der Waals surface area contributed by atoms with E-state index in [9.17, 15) is 9.00 Å². The summed E-state index contributed by atoms with van der Waals surface area (Å²) in [6.07, 6.45) is 1.61. The molecule has 1 amide bonds. The van der Waals surface area contributed by atoms with Gasteiger partial charge in [-0.25, -0.2) is 4.98 Å². The maximum absolute atomic E-state index is 12.2. The van der Waals surface area contributed by atoms with Gasteiger partial charge in [-0.05, 0) is 36.4 Å². The van der Waals surface area contributed by atoms with Crippen LogP contribution in [0.25, 0.3) is 11.0 Å². The Balaban J connectivity index is 1.72. The van der Waals surface area contributed by atoms with E-state index in [0.29, 0.717) is 17.0 Å². The van der Waals surface area contributed by atoms with Crippen LogP contribution in [0.3, 0.4) is 0 Å². The van der Waals surface area contributed by atoms with Crippen molar-refractivity contribution in [1.82, 2.24) is 14.9 Å². The number of carbonyl (C=O) groups is 1. The monoisotopic (exact) mass is 327 g/mol. The highest BCUT2D eigenvalue weighted by Gasteiger charge is 2.10. The first kappa shape index (κ1) is 15.4. The Kier molecular flexibility index (Phi) is 4.25. The lowest BCUT2D eigenvalue weighted by Crippen LogP contribution is -2.24. The van der Waals surface area contributed by atoms with Crippen LogP contribution in [0.4, 0.5) is 0 Å². The van der Waals surface area contributed by atoms with Gasteiger partial charge in [-0.1, -0.05) is 12.1 Å². The number of carbonyl (C=O) groups excluding carboxylic acids is 1. The summed E-state index contributed by atoms with van der Waals surface area (Å²) in [7, 11) is 0.892. The zero-order valence-electron chi connectivity index (χ0n) is 12.9. The summed E-state index contributed by atoms with van der Waals surface area (Å²) in [5, 5.41) is 2.87. The Labute approximate surface area is 136 Å². The molecule has 1 aromatic heterocycles. The third-order valence-electron chi connectivity index (χ3n) is 3.74. The molecule has 118 valence electrons. The predicted molar refractivity (Wildman–Crippen MR) is 90.7 cm³/mol. The SMILES string of the molecule is Cn1c(CNC(=O)c2ccc(S(C)=O)cc2)nc2ccccc21. The average molecular weight is 327 g/mol. The molecule has 6 heteroatoms. The number of hydrogen-bond acceptors (Lipinski definition) is 3. The van der Waals surface area contributed by atoms with Gasteiger partial charge in [0.1, 0.15) is 5.82 Å². The second-order valence-corrected chi connectivity index (χ2v) is 6.62. The molecule has 23 heavy (non-hydrogen) atoms. The summed E-state index contributed by atoms with van der Waals surface area (Å²) in [5.74, 6) is 0.622. The quantitative estimate of drug-likeness (QED) is 0.799. The van der Waals surface area contributed by atoms with Crippen LogP contribution in [0.2, 0.25) is 0 Å². The lowest BCUT2D eigenvalue weighted by Gasteiger charge is -2.06. The average Bonchev–Trinajstić information content (AvgIpc) is 2.89. The number of amides is 1. The van der Waals surface area contributed by atoms with Gasteiger partial charge in [0.2, 0.25) is 0 Å². The van der Waals surface area contributed by atoms with E-state index < -0.39 is 10.8 Å². The van der Waals surface area contributed by atoms with Crippen LogP contribution in [0.5, 0.6) is 0 Å².